The number of hydrogen-bond donors (Lipinski definition) is 1. The van der Waals surface area contributed by atoms with Crippen LogP contribution in [0.5, 0.6) is 0 Å². The number of H-pyrrole nitrogens is 1. The molecule has 0 aromatic carbocycles. The summed E-state index contributed by atoms with van der Waals surface area (Å²) < 4.78 is 0. The number of aromatic nitrogens is 2. The van der Waals surface area contributed by atoms with E-state index in [0.29, 0.717) is 13.0 Å². The van der Waals surface area contributed by atoms with Gasteiger partial charge in [0, 0.05) is 30.2 Å². The number of carbonyl (C=O) groups is 1. The summed E-state index contributed by atoms with van der Waals surface area (Å²) in [6, 6.07) is 3.94. The first-order valence-corrected chi connectivity index (χ1v) is 5.87. The van der Waals surface area contributed by atoms with Crippen molar-refractivity contribution in [1.82, 2.24) is 15.1 Å². The quantitative estimate of drug-likeness (QED) is 0.876. The smallest absolute Gasteiger partial charge is 0.227 e. The molecule has 2 rings (SSSR count). The van der Waals surface area contributed by atoms with Gasteiger partial charge >= 0.3 is 0 Å². The molecule has 1 N–H and O–H groups in total. The van der Waals surface area contributed by atoms with Crippen LogP contribution in [0, 0.1) is 0 Å². The maximum absolute atomic E-state index is 11.8. The Morgan fingerprint density at radius 2 is 2.50 bits per heavy atom. The Bertz CT molecular complexity index is 436. The van der Waals surface area contributed by atoms with Crippen LogP contribution >= 0.6 is 11.3 Å². The largest absolute Gasteiger partial charge is 0.341 e. The van der Waals surface area contributed by atoms with Crippen LogP contribution in [-0.2, 0) is 17.8 Å². The standard InChI is InChI=1S/C11H13N3OS/c1-14(8-9-6-12-13-7-9)11(15)5-10-3-2-4-16-10/h2-4,6-7H,5,8H2,1H3,(H,12,13). The number of amides is 1. The molecule has 2 aromatic heterocycles. The fourth-order valence-corrected chi connectivity index (χ4v) is 2.12. The lowest BCUT2D eigenvalue weighted by Crippen LogP contribution is -2.27. The van der Waals surface area contributed by atoms with Crippen LogP contribution < -0.4 is 0 Å². The van der Waals surface area contributed by atoms with E-state index in [4.69, 9.17) is 0 Å². The Morgan fingerprint density at radius 3 is 3.12 bits per heavy atom. The lowest BCUT2D eigenvalue weighted by molar-refractivity contribution is -0.129. The summed E-state index contributed by atoms with van der Waals surface area (Å²) in [5.41, 5.74) is 1.02. The predicted octanol–water partition coefficient (Wildman–Crippen LogP) is 1.67. The highest BCUT2D eigenvalue weighted by Gasteiger charge is 2.10. The van der Waals surface area contributed by atoms with E-state index in [2.05, 4.69) is 10.2 Å². The second-order valence-electron chi connectivity index (χ2n) is 3.61. The number of thiophene rings is 1. The van der Waals surface area contributed by atoms with Crippen LogP contribution in [0.25, 0.3) is 0 Å². The molecule has 1 amide bonds. The highest BCUT2D eigenvalue weighted by Crippen LogP contribution is 2.11. The summed E-state index contributed by atoms with van der Waals surface area (Å²) >= 11 is 1.61. The fraction of sp³-hybridized carbons (Fsp3) is 0.273. The molecule has 0 fully saturated rings. The first-order chi connectivity index (χ1) is 7.75. The van der Waals surface area contributed by atoms with Gasteiger partial charge in [-0.05, 0) is 11.4 Å². The molecule has 84 valence electrons. The van der Waals surface area contributed by atoms with E-state index in [1.807, 2.05) is 24.6 Å². The van der Waals surface area contributed by atoms with Gasteiger partial charge in [-0.1, -0.05) is 6.07 Å². The summed E-state index contributed by atoms with van der Waals surface area (Å²) in [6.07, 6.45) is 4.01. The third-order valence-electron chi connectivity index (χ3n) is 2.31. The molecule has 5 heteroatoms. The molecule has 0 saturated heterocycles. The monoisotopic (exact) mass is 235 g/mol. The lowest BCUT2D eigenvalue weighted by Gasteiger charge is -2.15. The van der Waals surface area contributed by atoms with E-state index in [0.717, 1.165) is 10.4 Å². The van der Waals surface area contributed by atoms with Crippen LogP contribution in [0.2, 0.25) is 0 Å². The highest BCUT2D eigenvalue weighted by atomic mass is 32.1. The number of rotatable bonds is 4. The third-order valence-corrected chi connectivity index (χ3v) is 3.18. The second-order valence-corrected chi connectivity index (χ2v) is 4.64. The second kappa shape index (κ2) is 4.94. The molecule has 2 heterocycles. The van der Waals surface area contributed by atoms with Crippen LogP contribution in [0.1, 0.15) is 10.4 Å². The molecule has 0 aliphatic heterocycles. The molecule has 0 aliphatic rings. The van der Waals surface area contributed by atoms with Crippen LogP contribution in [-0.4, -0.2) is 28.1 Å². The number of likely N-dealkylation sites (N-methyl/N-ethyl adjacent to an activating group) is 1. The number of hydrogen-bond acceptors (Lipinski definition) is 3. The van der Waals surface area contributed by atoms with Crippen molar-refractivity contribution in [2.24, 2.45) is 0 Å². The van der Waals surface area contributed by atoms with Crippen molar-refractivity contribution in [1.29, 1.82) is 0 Å². The molecular weight excluding hydrogens is 222 g/mol. The first kappa shape index (κ1) is 10.9. The van der Waals surface area contributed by atoms with Crippen molar-refractivity contribution in [2.45, 2.75) is 13.0 Å². The van der Waals surface area contributed by atoms with E-state index in [-0.39, 0.29) is 5.91 Å². The van der Waals surface area contributed by atoms with Crippen molar-refractivity contribution in [3.05, 3.63) is 40.3 Å². The Balaban J connectivity index is 1.90. The summed E-state index contributed by atoms with van der Waals surface area (Å²) in [5.74, 6) is 0.128. The minimum absolute atomic E-state index is 0.128. The molecule has 0 saturated carbocycles. The van der Waals surface area contributed by atoms with Crippen molar-refractivity contribution >= 4 is 17.2 Å². The van der Waals surface area contributed by atoms with Crippen molar-refractivity contribution < 1.29 is 4.79 Å². The van der Waals surface area contributed by atoms with Gasteiger partial charge in [-0.3, -0.25) is 9.89 Å². The van der Waals surface area contributed by atoms with E-state index in [1.54, 1.807) is 28.6 Å². The Labute approximate surface area is 97.9 Å². The number of nitrogens with zero attached hydrogens (tertiary/aromatic N) is 2. The number of aromatic amines is 1. The summed E-state index contributed by atoms with van der Waals surface area (Å²) in [4.78, 5) is 14.7. The molecule has 0 atom stereocenters. The molecule has 0 bridgehead atoms. The topological polar surface area (TPSA) is 49.0 Å². The van der Waals surface area contributed by atoms with Gasteiger partial charge in [0.2, 0.25) is 5.91 Å². The van der Waals surface area contributed by atoms with Gasteiger partial charge in [0.05, 0.1) is 12.6 Å². The zero-order chi connectivity index (χ0) is 11.4. The van der Waals surface area contributed by atoms with Gasteiger partial charge in [0.1, 0.15) is 0 Å². The SMILES string of the molecule is CN(Cc1cn[nH]c1)C(=O)Cc1cccs1. The minimum atomic E-state index is 0.128. The third kappa shape index (κ3) is 2.70. The van der Waals surface area contributed by atoms with E-state index in [1.165, 1.54) is 0 Å². The molecule has 2 aromatic rings. The van der Waals surface area contributed by atoms with E-state index >= 15 is 0 Å². The van der Waals surface area contributed by atoms with Crippen molar-refractivity contribution in [3.8, 4) is 0 Å². The highest BCUT2D eigenvalue weighted by molar-refractivity contribution is 7.10. The van der Waals surface area contributed by atoms with Gasteiger partial charge < -0.3 is 4.90 Å². The molecule has 16 heavy (non-hydrogen) atoms. The average molecular weight is 235 g/mol. The van der Waals surface area contributed by atoms with Crippen LogP contribution in [0.3, 0.4) is 0 Å². The molecule has 4 nitrogen and oxygen atoms in total. The maximum Gasteiger partial charge on any atom is 0.227 e. The summed E-state index contributed by atoms with van der Waals surface area (Å²) in [7, 11) is 1.81. The van der Waals surface area contributed by atoms with Crippen molar-refractivity contribution in [3.63, 3.8) is 0 Å². The van der Waals surface area contributed by atoms with Gasteiger partial charge in [0.25, 0.3) is 0 Å². The van der Waals surface area contributed by atoms with E-state index in [9.17, 15) is 4.79 Å². The maximum atomic E-state index is 11.8. The van der Waals surface area contributed by atoms with Gasteiger partial charge in [-0.25, -0.2) is 0 Å². The predicted molar refractivity (Wildman–Crippen MR) is 63.1 cm³/mol. The number of carbonyl (C=O) groups excluding carboxylic acids is 1. The van der Waals surface area contributed by atoms with Crippen LogP contribution in [0.4, 0.5) is 0 Å². The average Bonchev–Trinajstić information content (AvgIpc) is 2.90. The molecule has 0 spiro atoms. The zero-order valence-corrected chi connectivity index (χ0v) is 9.83. The molecular formula is C11H13N3OS. The first-order valence-electron chi connectivity index (χ1n) is 4.99. The molecule has 0 unspecified atom stereocenters. The van der Waals surface area contributed by atoms with Gasteiger partial charge in [-0.15, -0.1) is 11.3 Å². The lowest BCUT2D eigenvalue weighted by atomic mass is 10.3. The Morgan fingerprint density at radius 1 is 1.62 bits per heavy atom. The van der Waals surface area contributed by atoms with Gasteiger partial charge in [0.15, 0.2) is 0 Å². The Hall–Kier alpha value is -1.62. The summed E-state index contributed by atoms with van der Waals surface area (Å²) in [6.45, 7) is 0.598. The number of nitrogens with one attached hydrogen (secondary N) is 1. The molecule has 0 aliphatic carbocycles. The van der Waals surface area contributed by atoms with E-state index < -0.39 is 0 Å². The Kier molecular flexibility index (Phi) is 3.36. The summed E-state index contributed by atoms with van der Waals surface area (Å²) in [5, 5.41) is 8.57. The molecule has 0 radical (unpaired) electrons. The van der Waals surface area contributed by atoms with Crippen molar-refractivity contribution in [2.75, 3.05) is 7.05 Å². The normalized spacial score (nSPS) is 10.3. The van der Waals surface area contributed by atoms with Gasteiger partial charge in [-0.2, -0.15) is 5.10 Å². The zero-order valence-electron chi connectivity index (χ0n) is 9.01. The fourth-order valence-electron chi connectivity index (χ4n) is 1.42. The minimum Gasteiger partial charge on any atom is -0.341 e. The van der Waals surface area contributed by atoms with Crippen LogP contribution in [0.15, 0.2) is 29.9 Å².